The summed E-state index contributed by atoms with van der Waals surface area (Å²) < 4.78 is 31.3. The highest BCUT2D eigenvalue weighted by molar-refractivity contribution is 5.95. The van der Waals surface area contributed by atoms with E-state index >= 15 is 0 Å². The summed E-state index contributed by atoms with van der Waals surface area (Å²) in [5.74, 6) is -3.16. The predicted molar refractivity (Wildman–Crippen MR) is 75.2 cm³/mol. The van der Waals surface area contributed by atoms with Crippen molar-refractivity contribution in [3.8, 4) is 0 Å². The zero-order valence-corrected chi connectivity index (χ0v) is 12.4. The molecular formula is C15H18F2N2O3. The van der Waals surface area contributed by atoms with E-state index in [4.69, 9.17) is 4.74 Å². The molecule has 1 aromatic carbocycles. The Hall–Kier alpha value is -2.02. The van der Waals surface area contributed by atoms with Gasteiger partial charge in [0, 0.05) is 38.7 Å². The maximum Gasteiger partial charge on any atom is 0.253 e. The topological polar surface area (TPSA) is 58.6 Å². The number of carbonyl (C=O) groups is 2. The predicted octanol–water partition coefficient (Wildman–Crippen LogP) is 1.05. The summed E-state index contributed by atoms with van der Waals surface area (Å²) in [6.45, 7) is 0.912. The van der Waals surface area contributed by atoms with Gasteiger partial charge in [-0.3, -0.25) is 9.59 Å². The molecule has 0 spiro atoms. The minimum Gasteiger partial charge on any atom is -0.384 e. The van der Waals surface area contributed by atoms with Gasteiger partial charge in [-0.25, -0.2) is 8.78 Å². The van der Waals surface area contributed by atoms with Crippen molar-refractivity contribution in [1.82, 2.24) is 10.2 Å². The van der Waals surface area contributed by atoms with E-state index in [1.54, 1.807) is 0 Å². The lowest BCUT2D eigenvalue weighted by atomic mass is 9.96. The quantitative estimate of drug-likeness (QED) is 0.904. The highest BCUT2D eigenvalue weighted by Crippen LogP contribution is 2.26. The van der Waals surface area contributed by atoms with Crippen molar-refractivity contribution in [2.24, 2.45) is 11.8 Å². The van der Waals surface area contributed by atoms with Gasteiger partial charge in [0.1, 0.15) is 0 Å². The fraction of sp³-hybridized carbons (Fsp3) is 0.467. The number of hydrogen-bond donors (Lipinski definition) is 1. The second kappa shape index (κ2) is 6.83. The Morgan fingerprint density at radius 2 is 2.05 bits per heavy atom. The summed E-state index contributed by atoms with van der Waals surface area (Å²) >= 11 is 0. The van der Waals surface area contributed by atoms with E-state index in [2.05, 4.69) is 5.32 Å². The Morgan fingerprint density at radius 1 is 1.32 bits per heavy atom. The maximum absolute atomic E-state index is 13.3. The van der Waals surface area contributed by atoms with Crippen molar-refractivity contribution in [3.05, 3.63) is 35.4 Å². The van der Waals surface area contributed by atoms with Crippen LogP contribution in [-0.2, 0) is 9.53 Å². The van der Waals surface area contributed by atoms with Crippen LogP contribution in [0.5, 0.6) is 0 Å². The Balaban J connectivity index is 2.16. The van der Waals surface area contributed by atoms with Gasteiger partial charge in [-0.15, -0.1) is 0 Å². The van der Waals surface area contributed by atoms with E-state index in [9.17, 15) is 18.4 Å². The third kappa shape index (κ3) is 3.24. The molecule has 2 rings (SSSR count). The van der Waals surface area contributed by atoms with Crippen LogP contribution >= 0.6 is 0 Å². The lowest BCUT2D eigenvalue weighted by Gasteiger charge is -2.16. The van der Waals surface area contributed by atoms with Gasteiger partial charge in [-0.05, 0) is 18.2 Å². The van der Waals surface area contributed by atoms with Gasteiger partial charge in [0.2, 0.25) is 5.91 Å². The smallest absolute Gasteiger partial charge is 0.253 e. The number of likely N-dealkylation sites (tertiary alicyclic amines) is 1. The molecule has 1 saturated heterocycles. The molecule has 1 fully saturated rings. The van der Waals surface area contributed by atoms with Crippen LogP contribution in [0.15, 0.2) is 18.2 Å². The van der Waals surface area contributed by atoms with Crippen molar-refractivity contribution in [1.29, 1.82) is 0 Å². The summed E-state index contributed by atoms with van der Waals surface area (Å²) in [4.78, 5) is 25.7. The number of ether oxygens (including phenoxy) is 1. The average molecular weight is 312 g/mol. The Bertz CT molecular complexity index is 580. The summed E-state index contributed by atoms with van der Waals surface area (Å²) in [5.41, 5.74) is 0.0626. The molecule has 2 atom stereocenters. The second-order valence-electron chi connectivity index (χ2n) is 5.28. The molecule has 2 amide bonds. The number of benzene rings is 1. The van der Waals surface area contributed by atoms with E-state index in [-0.39, 0.29) is 29.9 Å². The lowest BCUT2D eigenvalue weighted by molar-refractivity contribution is -0.125. The van der Waals surface area contributed by atoms with Gasteiger partial charge in [0.15, 0.2) is 11.6 Å². The molecule has 0 aromatic heterocycles. The monoisotopic (exact) mass is 312 g/mol. The van der Waals surface area contributed by atoms with Gasteiger partial charge in [0.25, 0.3) is 5.91 Å². The first kappa shape index (κ1) is 16.4. The van der Waals surface area contributed by atoms with Gasteiger partial charge >= 0.3 is 0 Å². The van der Waals surface area contributed by atoms with E-state index < -0.39 is 17.5 Å². The standard InChI is InChI=1S/C15H18F2N2O3/c1-18-14(20)11-7-19(6-10(11)8-22-2)15(21)9-3-4-12(16)13(17)5-9/h3-5,10-11H,6-8H2,1-2H3,(H,18,20)/t10-,11+/m0/s1. The molecule has 120 valence electrons. The normalized spacial score (nSPS) is 21.0. The minimum atomic E-state index is -1.07. The molecule has 7 heteroatoms. The first-order chi connectivity index (χ1) is 10.5. The van der Waals surface area contributed by atoms with Crippen LogP contribution in [0, 0.1) is 23.5 Å². The maximum atomic E-state index is 13.3. The summed E-state index contributed by atoms with van der Waals surface area (Å²) in [6, 6.07) is 3.02. The van der Waals surface area contributed by atoms with E-state index in [1.165, 1.54) is 25.1 Å². The van der Waals surface area contributed by atoms with Crippen LogP contribution in [0.2, 0.25) is 0 Å². The number of amides is 2. The summed E-state index contributed by atoms with van der Waals surface area (Å²) in [5, 5.41) is 2.57. The first-order valence-electron chi connectivity index (χ1n) is 6.92. The second-order valence-corrected chi connectivity index (χ2v) is 5.28. The average Bonchev–Trinajstić information content (AvgIpc) is 2.93. The molecule has 1 aliphatic rings. The zero-order valence-electron chi connectivity index (χ0n) is 12.4. The van der Waals surface area contributed by atoms with Crippen LogP contribution in [-0.4, -0.2) is 50.6 Å². The number of hydrogen-bond acceptors (Lipinski definition) is 3. The number of rotatable bonds is 4. The van der Waals surface area contributed by atoms with Crippen LogP contribution in [0.1, 0.15) is 10.4 Å². The highest BCUT2D eigenvalue weighted by atomic mass is 19.2. The van der Waals surface area contributed by atoms with Crippen LogP contribution < -0.4 is 5.32 Å². The van der Waals surface area contributed by atoms with Crippen molar-refractivity contribution < 1.29 is 23.1 Å². The largest absolute Gasteiger partial charge is 0.384 e. The molecule has 1 aliphatic heterocycles. The number of nitrogens with one attached hydrogen (secondary N) is 1. The Kier molecular flexibility index (Phi) is 5.07. The van der Waals surface area contributed by atoms with Gasteiger partial charge in [0.05, 0.1) is 12.5 Å². The molecule has 1 heterocycles. The molecule has 22 heavy (non-hydrogen) atoms. The van der Waals surface area contributed by atoms with E-state index in [0.29, 0.717) is 13.2 Å². The molecule has 0 aliphatic carbocycles. The van der Waals surface area contributed by atoms with Gasteiger partial charge in [-0.1, -0.05) is 0 Å². The molecule has 0 unspecified atom stereocenters. The fourth-order valence-corrected chi connectivity index (χ4v) is 2.71. The molecule has 0 radical (unpaired) electrons. The van der Waals surface area contributed by atoms with E-state index in [0.717, 1.165) is 12.1 Å². The third-order valence-electron chi connectivity index (χ3n) is 3.86. The zero-order chi connectivity index (χ0) is 16.3. The lowest BCUT2D eigenvalue weighted by Crippen LogP contribution is -2.34. The van der Waals surface area contributed by atoms with Gasteiger partial charge < -0.3 is 15.0 Å². The van der Waals surface area contributed by atoms with Crippen molar-refractivity contribution in [3.63, 3.8) is 0 Å². The number of carbonyl (C=O) groups excluding carboxylic acids is 2. The van der Waals surface area contributed by atoms with Crippen LogP contribution in [0.25, 0.3) is 0 Å². The minimum absolute atomic E-state index is 0.0626. The van der Waals surface area contributed by atoms with E-state index in [1.807, 2.05) is 0 Å². The van der Waals surface area contributed by atoms with Crippen LogP contribution in [0.3, 0.4) is 0 Å². The van der Waals surface area contributed by atoms with Crippen molar-refractivity contribution in [2.45, 2.75) is 0 Å². The summed E-state index contributed by atoms with van der Waals surface area (Å²) in [6.07, 6.45) is 0. The number of nitrogens with zero attached hydrogens (tertiary/aromatic N) is 1. The third-order valence-corrected chi connectivity index (χ3v) is 3.86. The van der Waals surface area contributed by atoms with Crippen LogP contribution in [0.4, 0.5) is 8.78 Å². The SMILES string of the molecule is CNC(=O)[C@@H]1CN(C(=O)c2ccc(F)c(F)c2)C[C@H]1COC. The van der Waals surface area contributed by atoms with Crippen molar-refractivity contribution in [2.75, 3.05) is 33.9 Å². The molecule has 1 N–H and O–H groups in total. The first-order valence-corrected chi connectivity index (χ1v) is 6.92. The highest BCUT2D eigenvalue weighted by Gasteiger charge is 2.39. The molecule has 5 nitrogen and oxygen atoms in total. The molecule has 0 saturated carbocycles. The molecule has 0 bridgehead atoms. The number of halogens is 2. The Labute approximate surface area is 127 Å². The summed E-state index contributed by atoms with van der Waals surface area (Å²) in [7, 11) is 3.06. The fourth-order valence-electron chi connectivity index (χ4n) is 2.71. The van der Waals surface area contributed by atoms with Crippen molar-refractivity contribution >= 4 is 11.8 Å². The molecule has 1 aromatic rings. The Morgan fingerprint density at radius 3 is 2.64 bits per heavy atom. The number of methoxy groups -OCH3 is 1. The van der Waals surface area contributed by atoms with Gasteiger partial charge in [-0.2, -0.15) is 0 Å². The molecular weight excluding hydrogens is 294 g/mol.